The number of benzene rings is 1. The fourth-order valence-corrected chi connectivity index (χ4v) is 4.09. The molecule has 1 aromatic rings. The first-order chi connectivity index (χ1) is 9.86. The van der Waals surface area contributed by atoms with E-state index in [2.05, 4.69) is 20.7 Å². The predicted octanol–water partition coefficient (Wildman–Crippen LogP) is 2.16. The number of hydrogen-bond donors (Lipinski definition) is 0. The van der Waals surface area contributed by atoms with Crippen molar-refractivity contribution in [3.05, 3.63) is 28.5 Å². The van der Waals surface area contributed by atoms with Gasteiger partial charge in [-0.1, -0.05) is 0 Å². The molecule has 0 radical (unpaired) electrons. The molecule has 1 fully saturated rings. The smallest absolute Gasteiger partial charge is 0.309 e. The molecule has 1 saturated heterocycles. The molecule has 0 spiro atoms. The normalized spacial score (nSPS) is 20.2. The van der Waals surface area contributed by atoms with Gasteiger partial charge >= 0.3 is 5.97 Å². The standard InChI is InChI=1S/C13H15BrFNO4S/c1-20-13(17)9-3-2-6-16(8-9)21(18,19)10-4-5-11(14)12(15)7-10/h4-5,7,9H,2-3,6,8H2,1H3. The Kier molecular flexibility index (Phi) is 5.00. The van der Waals surface area contributed by atoms with Gasteiger partial charge < -0.3 is 4.74 Å². The number of carbonyl (C=O) groups excluding carboxylic acids is 1. The maximum absolute atomic E-state index is 13.5. The maximum atomic E-state index is 13.5. The summed E-state index contributed by atoms with van der Waals surface area (Å²) in [5.41, 5.74) is 0. The quantitative estimate of drug-likeness (QED) is 0.754. The van der Waals surface area contributed by atoms with Crippen LogP contribution in [-0.4, -0.2) is 38.9 Å². The van der Waals surface area contributed by atoms with E-state index in [9.17, 15) is 17.6 Å². The van der Waals surface area contributed by atoms with E-state index in [4.69, 9.17) is 0 Å². The van der Waals surface area contributed by atoms with Gasteiger partial charge in [0.2, 0.25) is 10.0 Å². The second-order valence-electron chi connectivity index (χ2n) is 4.80. The molecule has 8 heteroatoms. The van der Waals surface area contributed by atoms with Crippen LogP contribution < -0.4 is 0 Å². The van der Waals surface area contributed by atoms with Gasteiger partial charge in [0.15, 0.2) is 0 Å². The van der Waals surface area contributed by atoms with Gasteiger partial charge in [-0.15, -0.1) is 0 Å². The van der Waals surface area contributed by atoms with E-state index in [-0.39, 0.29) is 15.9 Å². The van der Waals surface area contributed by atoms with Gasteiger partial charge in [-0.3, -0.25) is 4.79 Å². The summed E-state index contributed by atoms with van der Waals surface area (Å²) in [7, 11) is -2.53. The third-order valence-electron chi connectivity index (χ3n) is 3.45. The van der Waals surface area contributed by atoms with E-state index in [1.807, 2.05) is 0 Å². The van der Waals surface area contributed by atoms with E-state index in [0.717, 1.165) is 6.07 Å². The minimum Gasteiger partial charge on any atom is -0.469 e. The number of rotatable bonds is 3. The highest BCUT2D eigenvalue weighted by atomic mass is 79.9. The van der Waals surface area contributed by atoms with Gasteiger partial charge in [-0.25, -0.2) is 12.8 Å². The Morgan fingerprint density at radius 1 is 1.48 bits per heavy atom. The highest BCUT2D eigenvalue weighted by Crippen LogP contribution is 2.26. The molecule has 0 aromatic heterocycles. The van der Waals surface area contributed by atoms with E-state index in [0.29, 0.717) is 19.4 Å². The van der Waals surface area contributed by atoms with E-state index in [1.54, 1.807) is 0 Å². The van der Waals surface area contributed by atoms with Crippen molar-refractivity contribution in [1.82, 2.24) is 4.31 Å². The van der Waals surface area contributed by atoms with Crippen molar-refractivity contribution < 1.29 is 22.3 Å². The zero-order valence-corrected chi connectivity index (χ0v) is 13.8. The van der Waals surface area contributed by atoms with Crippen LogP contribution in [0.3, 0.4) is 0 Å². The Balaban J connectivity index is 2.26. The summed E-state index contributed by atoms with van der Waals surface area (Å²) in [4.78, 5) is 11.4. The van der Waals surface area contributed by atoms with Gasteiger partial charge in [-0.05, 0) is 47.0 Å². The SMILES string of the molecule is COC(=O)C1CCCN(S(=O)(=O)c2ccc(Br)c(F)c2)C1. The summed E-state index contributed by atoms with van der Waals surface area (Å²) in [5, 5.41) is 0. The summed E-state index contributed by atoms with van der Waals surface area (Å²) < 4.78 is 44.6. The molecule has 0 aliphatic carbocycles. The third kappa shape index (κ3) is 3.44. The highest BCUT2D eigenvalue weighted by molar-refractivity contribution is 9.10. The Labute approximate surface area is 131 Å². The van der Waals surface area contributed by atoms with Gasteiger partial charge in [0, 0.05) is 13.1 Å². The molecule has 0 N–H and O–H groups in total. The molecule has 1 aliphatic heterocycles. The summed E-state index contributed by atoms with van der Waals surface area (Å²) in [6.07, 6.45) is 1.16. The number of esters is 1. The lowest BCUT2D eigenvalue weighted by Gasteiger charge is -2.30. The number of ether oxygens (including phenoxy) is 1. The molecule has 2 rings (SSSR count). The minimum atomic E-state index is -3.81. The fraction of sp³-hybridized carbons (Fsp3) is 0.462. The second kappa shape index (κ2) is 6.41. The molecule has 1 unspecified atom stereocenters. The van der Waals surface area contributed by atoms with Crippen molar-refractivity contribution in [3.8, 4) is 0 Å². The summed E-state index contributed by atoms with van der Waals surface area (Å²) in [5.74, 6) is -1.53. The first-order valence-electron chi connectivity index (χ1n) is 6.39. The van der Waals surface area contributed by atoms with Crippen LogP contribution in [0.15, 0.2) is 27.6 Å². The number of methoxy groups -OCH3 is 1. The number of sulfonamides is 1. The molecular formula is C13H15BrFNO4S. The lowest BCUT2D eigenvalue weighted by Crippen LogP contribution is -2.42. The van der Waals surface area contributed by atoms with Gasteiger partial charge in [0.1, 0.15) is 5.82 Å². The van der Waals surface area contributed by atoms with Crippen LogP contribution in [0, 0.1) is 11.7 Å². The van der Waals surface area contributed by atoms with Gasteiger partial charge in [0.25, 0.3) is 0 Å². The largest absolute Gasteiger partial charge is 0.469 e. The van der Waals surface area contributed by atoms with Gasteiger partial charge in [-0.2, -0.15) is 4.31 Å². The van der Waals surface area contributed by atoms with Crippen LogP contribution in [0.2, 0.25) is 0 Å². The van der Waals surface area contributed by atoms with Crippen LogP contribution >= 0.6 is 15.9 Å². The number of piperidine rings is 1. The molecule has 0 saturated carbocycles. The molecule has 1 aliphatic rings. The maximum Gasteiger partial charge on any atom is 0.309 e. The molecular weight excluding hydrogens is 365 g/mol. The van der Waals surface area contributed by atoms with E-state index in [1.165, 1.54) is 23.5 Å². The van der Waals surface area contributed by atoms with Crippen LogP contribution in [0.25, 0.3) is 0 Å². The molecule has 0 bridgehead atoms. The summed E-state index contributed by atoms with van der Waals surface area (Å²) in [6, 6.07) is 3.66. The molecule has 5 nitrogen and oxygen atoms in total. The average Bonchev–Trinajstić information content (AvgIpc) is 2.49. The van der Waals surface area contributed by atoms with Gasteiger partial charge in [0.05, 0.1) is 22.4 Å². The van der Waals surface area contributed by atoms with Crippen molar-refractivity contribution in [2.24, 2.45) is 5.92 Å². The highest BCUT2D eigenvalue weighted by Gasteiger charge is 2.34. The number of nitrogens with zero attached hydrogens (tertiary/aromatic N) is 1. The fourth-order valence-electron chi connectivity index (χ4n) is 2.31. The molecule has 1 aromatic carbocycles. The first kappa shape index (κ1) is 16.4. The molecule has 0 amide bonds. The number of hydrogen-bond acceptors (Lipinski definition) is 4. The Morgan fingerprint density at radius 3 is 2.81 bits per heavy atom. The van der Waals surface area contributed by atoms with Crippen molar-refractivity contribution in [2.75, 3.05) is 20.2 Å². The lowest BCUT2D eigenvalue weighted by atomic mass is 10.0. The van der Waals surface area contributed by atoms with E-state index >= 15 is 0 Å². The molecule has 1 heterocycles. The van der Waals surface area contributed by atoms with Crippen LogP contribution in [0.4, 0.5) is 4.39 Å². The number of carbonyl (C=O) groups is 1. The third-order valence-corrected chi connectivity index (χ3v) is 5.95. The second-order valence-corrected chi connectivity index (χ2v) is 7.59. The Hall–Kier alpha value is -0.990. The van der Waals surface area contributed by atoms with Crippen LogP contribution in [-0.2, 0) is 19.6 Å². The zero-order chi connectivity index (χ0) is 15.6. The average molecular weight is 380 g/mol. The molecule has 21 heavy (non-hydrogen) atoms. The first-order valence-corrected chi connectivity index (χ1v) is 8.62. The van der Waals surface area contributed by atoms with Crippen LogP contribution in [0.5, 0.6) is 0 Å². The summed E-state index contributed by atoms with van der Waals surface area (Å²) in [6.45, 7) is 0.375. The van der Waals surface area contributed by atoms with Crippen molar-refractivity contribution >= 4 is 31.9 Å². The Bertz CT molecular complexity index is 650. The topological polar surface area (TPSA) is 63.7 Å². The summed E-state index contributed by atoms with van der Waals surface area (Å²) >= 11 is 2.99. The van der Waals surface area contributed by atoms with Crippen molar-refractivity contribution in [1.29, 1.82) is 0 Å². The minimum absolute atomic E-state index is 0.0622. The van der Waals surface area contributed by atoms with Crippen molar-refractivity contribution in [2.45, 2.75) is 17.7 Å². The van der Waals surface area contributed by atoms with E-state index < -0.39 is 27.7 Å². The molecule has 116 valence electrons. The zero-order valence-electron chi connectivity index (χ0n) is 11.4. The Morgan fingerprint density at radius 2 is 2.19 bits per heavy atom. The monoisotopic (exact) mass is 379 g/mol. The lowest BCUT2D eigenvalue weighted by molar-refractivity contribution is -0.146. The predicted molar refractivity (Wildman–Crippen MR) is 77.6 cm³/mol. The number of halogens is 2. The van der Waals surface area contributed by atoms with Crippen molar-refractivity contribution in [3.63, 3.8) is 0 Å². The molecule has 1 atom stereocenters. The van der Waals surface area contributed by atoms with Crippen LogP contribution in [0.1, 0.15) is 12.8 Å².